The summed E-state index contributed by atoms with van der Waals surface area (Å²) in [7, 11) is 0. The molecule has 0 atom stereocenters. The first kappa shape index (κ1) is 48.2. The summed E-state index contributed by atoms with van der Waals surface area (Å²) in [6.45, 7) is 0. The van der Waals surface area contributed by atoms with Crippen molar-refractivity contribution in [2.24, 2.45) is 0 Å². The van der Waals surface area contributed by atoms with Gasteiger partial charge in [-0.15, -0.1) is 0 Å². The molecule has 0 amide bonds. The number of benzene rings is 16. The Balaban J connectivity index is 0.712. The molecule has 0 N–H and O–H groups in total. The zero-order valence-electron chi connectivity index (χ0n) is 46.7. The molecule has 0 radical (unpaired) electrons. The maximum atomic E-state index is 6.92. The fraction of sp³-hybridized carbons (Fsp3) is 0. The van der Waals surface area contributed by atoms with Crippen LogP contribution in [0.25, 0.3) is 186 Å². The molecule has 2 heterocycles. The highest BCUT2D eigenvalue weighted by atomic mass is 16.3. The van der Waals surface area contributed by atoms with Crippen molar-refractivity contribution in [3.05, 3.63) is 303 Å². The third kappa shape index (κ3) is 7.53. The minimum absolute atomic E-state index is 0.876. The van der Waals surface area contributed by atoms with E-state index >= 15 is 0 Å². The van der Waals surface area contributed by atoms with Crippen LogP contribution in [0.1, 0.15) is 0 Å². The Bertz CT molecular complexity index is 5710. The highest BCUT2D eigenvalue weighted by Crippen LogP contribution is 2.48. The Morgan fingerprint density at radius 2 is 0.453 bits per heavy atom. The molecule has 2 aromatic heterocycles. The zero-order chi connectivity index (χ0) is 56.4. The van der Waals surface area contributed by atoms with Crippen LogP contribution in [0.15, 0.2) is 312 Å². The van der Waals surface area contributed by atoms with E-state index in [1.165, 1.54) is 104 Å². The van der Waals surface area contributed by atoms with Crippen LogP contribution in [0, 0.1) is 0 Å². The van der Waals surface area contributed by atoms with Crippen molar-refractivity contribution in [3.63, 3.8) is 0 Å². The van der Waals surface area contributed by atoms with Gasteiger partial charge in [-0.3, -0.25) is 0 Å². The molecule has 0 unspecified atom stereocenters. The topological polar surface area (TPSA) is 26.3 Å². The standard InChI is InChI=1S/C84H50O2/c1-2-16-51(17-3-1)52-32-35-55(36-33-52)79-64-24-6-8-26-66(64)81(67-27-9-7-25-65(67)79)62-41-45-78-76(50-62)73-43-39-54-34-37-59(48-74(54)84(73)86-78)57-20-14-19-56(46-57)58-21-15-22-60(47-58)80-68-28-10-12-30-70(68)82(71-31-13-11-29-69(71)80)61-40-44-77-75(49-61)72-42-38-53-18-4-5-23-63(53)83(72)85-77/h1-50H. The Kier molecular flexibility index (Phi) is 10.7. The van der Waals surface area contributed by atoms with Crippen LogP contribution in [-0.2, 0) is 0 Å². The van der Waals surface area contributed by atoms with Gasteiger partial charge >= 0.3 is 0 Å². The van der Waals surface area contributed by atoms with Crippen LogP contribution in [-0.4, -0.2) is 0 Å². The molecule has 86 heavy (non-hydrogen) atoms. The Morgan fingerprint density at radius 3 is 0.953 bits per heavy atom. The molecular weight excluding hydrogens is 1040 g/mol. The first-order valence-electron chi connectivity index (χ1n) is 29.6. The van der Waals surface area contributed by atoms with E-state index in [0.29, 0.717) is 0 Å². The fourth-order valence-corrected chi connectivity index (χ4v) is 14.2. The normalized spacial score (nSPS) is 12.0. The lowest BCUT2D eigenvalue weighted by Gasteiger charge is -2.18. The van der Waals surface area contributed by atoms with Gasteiger partial charge in [0.2, 0.25) is 0 Å². The van der Waals surface area contributed by atoms with Crippen molar-refractivity contribution in [2.75, 3.05) is 0 Å². The van der Waals surface area contributed by atoms with E-state index < -0.39 is 0 Å². The molecule has 0 aliphatic rings. The van der Waals surface area contributed by atoms with E-state index in [2.05, 4.69) is 303 Å². The summed E-state index contributed by atoms with van der Waals surface area (Å²) in [4.78, 5) is 0. The monoisotopic (exact) mass is 1090 g/mol. The first-order chi connectivity index (χ1) is 42.6. The minimum Gasteiger partial charge on any atom is -0.455 e. The summed E-state index contributed by atoms with van der Waals surface area (Å²) in [5.74, 6) is 0. The van der Waals surface area contributed by atoms with Crippen LogP contribution >= 0.6 is 0 Å². The maximum Gasteiger partial charge on any atom is 0.143 e. The lowest BCUT2D eigenvalue weighted by atomic mass is 9.85. The highest BCUT2D eigenvalue weighted by molar-refractivity contribution is 6.25. The predicted octanol–water partition coefficient (Wildman–Crippen LogP) is 24.1. The average Bonchev–Trinajstić information content (AvgIpc) is 2.82. The molecule has 2 nitrogen and oxygen atoms in total. The summed E-state index contributed by atoms with van der Waals surface area (Å²) in [5.41, 5.74) is 20.3. The molecule has 18 rings (SSSR count). The van der Waals surface area contributed by atoms with E-state index in [0.717, 1.165) is 82.3 Å². The summed E-state index contributed by atoms with van der Waals surface area (Å²) in [6, 6.07) is 111. The molecule has 18 aromatic rings. The highest BCUT2D eigenvalue weighted by Gasteiger charge is 2.22. The van der Waals surface area contributed by atoms with Gasteiger partial charge < -0.3 is 8.83 Å². The summed E-state index contributed by atoms with van der Waals surface area (Å²) < 4.78 is 13.5. The second kappa shape index (κ2) is 19.1. The van der Waals surface area contributed by atoms with Gasteiger partial charge in [0.1, 0.15) is 22.3 Å². The third-order valence-electron chi connectivity index (χ3n) is 18.2. The van der Waals surface area contributed by atoms with Crippen LogP contribution in [0.3, 0.4) is 0 Å². The minimum atomic E-state index is 0.876. The maximum absolute atomic E-state index is 6.92. The van der Waals surface area contributed by atoms with Crippen LogP contribution < -0.4 is 0 Å². The number of rotatable bonds is 7. The van der Waals surface area contributed by atoms with Gasteiger partial charge in [-0.2, -0.15) is 0 Å². The molecule has 0 saturated carbocycles. The van der Waals surface area contributed by atoms with Crippen molar-refractivity contribution >= 4 is 109 Å². The van der Waals surface area contributed by atoms with Crippen LogP contribution in [0.5, 0.6) is 0 Å². The van der Waals surface area contributed by atoms with Gasteiger partial charge in [0.25, 0.3) is 0 Å². The van der Waals surface area contributed by atoms with Gasteiger partial charge in [-0.05, 0) is 186 Å². The molecule has 0 bridgehead atoms. The van der Waals surface area contributed by atoms with Gasteiger partial charge in [0.05, 0.1) is 0 Å². The van der Waals surface area contributed by atoms with Crippen molar-refractivity contribution in [2.45, 2.75) is 0 Å². The Morgan fingerprint density at radius 1 is 0.151 bits per heavy atom. The van der Waals surface area contributed by atoms with E-state index in [-0.39, 0.29) is 0 Å². The molecule has 398 valence electrons. The van der Waals surface area contributed by atoms with E-state index in [4.69, 9.17) is 8.83 Å². The van der Waals surface area contributed by atoms with Gasteiger partial charge in [0.15, 0.2) is 0 Å². The molecule has 0 aliphatic carbocycles. The lowest BCUT2D eigenvalue weighted by Crippen LogP contribution is -1.91. The summed E-state index contributed by atoms with van der Waals surface area (Å²) in [5, 5.41) is 18.8. The number of hydrogen-bond donors (Lipinski definition) is 0. The van der Waals surface area contributed by atoms with E-state index in [1.807, 2.05) is 0 Å². The number of furan rings is 2. The smallest absolute Gasteiger partial charge is 0.143 e. The predicted molar refractivity (Wildman–Crippen MR) is 364 cm³/mol. The molecule has 0 aliphatic heterocycles. The molecule has 0 fully saturated rings. The van der Waals surface area contributed by atoms with E-state index in [1.54, 1.807) is 0 Å². The number of fused-ring (bicyclic) bond motifs is 14. The summed E-state index contributed by atoms with van der Waals surface area (Å²) >= 11 is 0. The van der Waals surface area contributed by atoms with Gasteiger partial charge in [-0.25, -0.2) is 0 Å². The number of hydrogen-bond acceptors (Lipinski definition) is 2. The van der Waals surface area contributed by atoms with Crippen molar-refractivity contribution in [1.29, 1.82) is 0 Å². The van der Waals surface area contributed by atoms with Crippen molar-refractivity contribution in [1.82, 2.24) is 0 Å². The second-order valence-electron chi connectivity index (χ2n) is 23.0. The van der Waals surface area contributed by atoms with Crippen molar-refractivity contribution < 1.29 is 8.83 Å². The van der Waals surface area contributed by atoms with E-state index in [9.17, 15) is 0 Å². The van der Waals surface area contributed by atoms with Crippen molar-refractivity contribution in [3.8, 4) is 77.9 Å². The SMILES string of the molecule is c1ccc(-c2ccc(-c3c4ccccc4c(-c4ccc5oc6c7cc(-c8cccc(-c9cccc(-c%10c%11ccccc%11c(-c%11ccc%12oc%13c%14ccccc%14ccc%13c%12c%11)c%11ccccc%10%11)c9)c8)ccc7ccc6c5c4)c4ccccc34)cc2)cc1. The lowest BCUT2D eigenvalue weighted by molar-refractivity contribution is 0.672. The van der Waals surface area contributed by atoms with Crippen LogP contribution in [0.4, 0.5) is 0 Å². The Labute approximate surface area is 495 Å². The largest absolute Gasteiger partial charge is 0.455 e. The molecule has 16 aromatic carbocycles. The first-order valence-corrected chi connectivity index (χ1v) is 29.6. The quantitative estimate of drug-likeness (QED) is 0.149. The fourth-order valence-electron chi connectivity index (χ4n) is 14.2. The van der Waals surface area contributed by atoms with Crippen LogP contribution in [0.2, 0.25) is 0 Å². The Hall–Kier alpha value is -11.3. The molecule has 0 spiro atoms. The molecular formula is C84H50O2. The third-order valence-corrected chi connectivity index (χ3v) is 18.2. The zero-order valence-corrected chi connectivity index (χ0v) is 46.7. The molecule has 2 heteroatoms. The second-order valence-corrected chi connectivity index (χ2v) is 23.0. The van der Waals surface area contributed by atoms with Gasteiger partial charge in [-0.1, -0.05) is 249 Å². The van der Waals surface area contributed by atoms with Gasteiger partial charge in [0, 0.05) is 32.3 Å². The average molecular weight is 1090 g/mol. The summed E-state index contributed by atoms with van der Waals surface area (Å²) in [6.07, 6.45) is 0. The molecule has 0 saturated heterocycles.